The quantitative estimate of drug-likeness (QED) is 0.389. The summed E-state index contributed by atoms with van der Waals surface area (Å²) in [5, 5.41) is 3.11. The van der Waals surface area contributed by atoms with Crippen molar-refractivity contribution in [2.24, 2.45) is 0 Å². The van der Waals surface area contributed by atoms with E-state index in [2.05, 4.69) is 25.7 Å². The summed E-state index contributed by atoms with van der Waals surface area (Å²) in [6, 6.07) is 0. The SMILES string of the molecule is C=CCNCC(=O)N(CCCCCC)CCCCCC. The van der Waals surface area contributed by atoms with E-state index in [-0.39, 0.29) is 5.91 Å². The zero-order valence-electron chi connectivity index (χ0n) is 13.6. The maximum Gasteiger partial charge on any atom is 0.236 e. The van der Waals surface area contributed by atoms with E-state index in [4.69, 9.17) is 0 Å². The van der Waals surface area contributed by atoms with Crippen LogP contribution >= 0.6 is 0 Å². The van der Waals surface area contributed by atoms with Crippen molar-refractivity contribution in [3.8, 4) is 0 Å². The molecule has 0 aliphatic carbocycles. The molecule has 0 aliphatic rings. The fourth-order valence-corrected chi connectivity index (χ4v) is 2.21. The largest absolute Gasteiger partial charge is 0.342 e. The van der Waals surface area contributed by atoms with E-state index in [1.54, 1.807) is 6.08 Å². The number of unbranched alkanes of at least 4 members (excludes halogenated alkanes) is 6. The van der Waals surface area contributed by atoms with Gasteiger partial charge in [-0.3, -0.25) is 4.79 Å². The standard InChI is InChI=1S/C17H34N2O/c1-4-7-9-11-14-19(15-12-10-8-5-2)17(20)16-18-13-6-3/h6,18H,3-5,7-16H2,1-2H3. The van der Waals surface area contributed by atoms with Crippen LogP contribution in [0.25, 0.3) is 0 Å². The fraction of sp³-hybridized carbons (Fsp3) is 0.824. The monoisotopic (exact) mass is 282 g/mol. The summed E-state index contributed by atoms with van der Waals surface area (Å²) in [6.07, 6.45) is 11.5. The normalized spacial score (nSPS) is 10.5. The molecule has 0 aliphatic heterocycles. The summed E-state index contributed by atoms with van der Waals surface area (Å²) >= 11 is 0. The average molecular weight is 282 g/mol. The highest BCUT2D eigenvalue weighted by Crippen LogP contribution is 2.05. The number of hydrogen-bond donors (Lipinski definition) is 1. The third kappa shape index (κ3) is 11.0. The summed E-state index contributed by atoms with van der Waals surface area (Å²) in [6.45, 7) is 11.1. The first-order valence-corrected chi connectivity index (χ1v) is 8.35. The van der Waals surface area contributed by atoms with E-state index in [0.717, 1.165) is 25.9 Å². The molecule has 0 rings (SSSR count). The Bertz CT molecular complexity index is 229. The lowest BCUT2D eigenvalue weighted by Gasteiger charge is -2.23. The molecule has 0 aromatic heterocycles. The Morgan fingerprint density at radius 2 is 1.55 bits per heavy atom. The van der Waals surface area contributed by atoms with Gasteiger partial charge in [0.25, 0.3) is 0 Å². The predicted molar refractivity (Wildman–Crippen MR) is 87.9 cm³/mol. The van der Waals surface area contributed by atoms with E-state index in [1.165, 1.54) is 38.5 Å². The topological polar surface area (TPSA) is 32.3 Å². The van der Waals surface area contributed by atoms with Gasteiger partial charge in [0.05, 0.1) is 6.54 Å². The number of hydrogen-bond acceptors (Lipinski definition) is 2. The molecule has 0 aromatic rings. The van der Waals surface area contributed by atoms with Gasteiger partial charge in [0.1, 0.15) is 0 Å². The van der Waals surface area contributed by atoms with Crippen molar-refractivity contribution in [3.05, 3.63) is 12.7 Å². The lowest BCUT2D eigenvalue weighted by molar-refractivity contribution is -0.130. The molecule has 0 unspecified atom stereocenters. The van der Waals surface area contributed by atoms with Gasteiger partial charge in [0, 0.05) is 19.6 Å². The van der Waals surface area contributed by atoms with Gasteiger partial charge < -0.3 is 10.2 Å². The van der Waals surface area contributed by atoms with Crippen LogP contribution in [0, 0.1) is 0 Å². The Morgan fingerprint density at radius 1 is 1.00 bits per heavy atom. The minimum Gasteiger partial charge on any atom is -0.342 e. The Balaban J connectivity index is 4.00. The molecule has 3 nitrogen and oxygen atoms in total. The number of rotatable bonds is 14. The molecule has 0 radical (unpaired) electrons. The van der Waals surface area contributed by atoms with Crippen molar-refractivity contribution in [2.45, 2.75) is 65.2 Å². The first kappa shape index (κ1) is 19.2. The van der Waals surface area contributed by atoms with Gasteiger partial charge in [0.2, 0.25) is 5.91 Å². The molecule has 0 aromatic carbocycles. The molecular weight excluding hydrogens is 248 g/mol. The van der Waals surface area contributed by atoms with Crippen molar-refractivity contribution in [3.63, 3.8) is 0 Å². The van der Waals surface area contributed by atoms with E-state index in [0.29, 0.717) is 13.1 Å². The fourth-order valence-electron chi connectivity index (χ4n) is 2.21. The number of carbonyl (C=O) groups excluding carboxylic acids is 1. The summed E-state index contributed by atoms with van der Waals surface area (Å²) in [4.78, 5) is 14.2. The minimum absolute atomic E-state index is 0.236. The van der Waals surface area contributed by atoms with Gasteiger partial charge >= 0.3 is 0 Å². The van der Waals surface area contributed by atoms with Crippen LogP contribution in [-0.4, -0.2) is 37.0 Å². The molecule has 0 heterocycles. The van der Waals surface area contributed by atoms with Crippen molar-refractivity contribution in [1.29, 1.82) is 0 Å². The highest BCUT2D eigenvalue weighted by Gasteiger charge is 2.11. The molecular formula is C17H34N2O. The summed E-state index contributed by atoms with van der Waals surface area (Å²) < 4.78 is 0. The number of nitrogens with zero attached hydrogens (tertiary/aromatic N) is 1. The first-order chi connectivity index (χ1) is 9.76. The zero-order chi connectivity index (χ0) is 15.1. The molecule has 0 bridgehead atoms. The van der Waals surface area contributed by atoms with Crippen LogP contribution in [-0.2, 0) is 4.79 Å². The molecule has 1 N–H and O–H groups in total. The van der Waals surface area contributed by atoms with Crippen LogP contribution in [0.15, 0.2) is 12.7 Å². The van der Waals surface area contributed by atoms with Crippen LogP contribution in [0.5, 0.6) is 0 Å². The maximum atomic E-state index is 12.2. The van der Waals surface area contributed by atoms with Gasteiger partial charge in [0.15, 0.2) is 0 Å². The first-order valence-electron chi connectivity index (χ1n) is 8.35. The lowest BCUT2D eigenvalue weighted by Crippen LogP contribution is -2.39. The smallest absolute Gasteiger partial charge is 0.236 e. The van der Waals surface area contributed by atoms with E-state index >= 15 is 0 Å². The van der Waals surface area contributed by atoms with Crippen molar-refractivity contribution >= 4 is 5.91 Å². The third-order valence-corrected chi connectivity index (χ3v) is 3.48. The zero-order valence-corrected chi connectivity index (χ0v) is 13.6. The van der Waals surface area contributed by atoms with Crippen LogP contribution < -0.4 is 5.32 Å². The van der Waals surface area contributed by atoms with Gasteiger partial charge in [-0.25, -0.2) is 0 Å². The molecule has 118 valence electrons. The molecule has 3 heteroatoms. The lowest BCUT2D eigenvalue weighted by atomic mass is 10.1. The van der Waals surface area contributed by atoms with Crippen LogP contribution in [0.3, 0.4) is 0 Å². The Hall–Kier alpha value is -0.830. The van der Waals surface area contributed by atoms with Gasteiger partial charge in [-0.15, -0.1) is 6.58 Å². The van der Waals surface area contributed by atoms with Crippen LogP contribution in [0.2, 0.25) is 0 Å². The van der Waals surface area contributed by atoms with Crippen molar-refractivity contribution in [2.75, 3.05) is 26.2 Å². The second-order valence-corrected chi connectivity index (χ2v) is 5.42. The second kappa shape index (κ2) is 14.6. The Kier molecular flexibility index (Phi) is 14.0. The molecule has 1 amide bonds. The Labute approximate surface area is 125 Å². The van der Waals surface area contributed by atoms with E-state index < -0.39 is 0 Å². The Morgan fingerprint density at radius 3 is 2.00 bits per heavy atom. The van der Waals surface area contributed by atoms with Gasteiger partial charge in [-0.05, 0) is 12.8 Å². The summed E-state index contributed by atoms with van der Waals surface area (Å²) in [5.41, 5.74) is 0. The minimum atomic E-state index is 0.236. The van der Waals surface area contributed by atoms with Crippen molar-refractivity contribution in [1.82, 2.24) is 10.2 Å². The van der Waals surface area contributed by atoms with Crippen molar-refractivity contribution < 1.29 is 4.79 Å². The number of amides is 1. The number of nitrogens with one attached hydrogen (secondary N) is 1. The molecule has 0 saturated heterocycles. The predicted octanol–water partition coefficient (Wildman–Crippen LogP) is 3.75. The van der Waals surface area contributed by atoms with Gasteiger partial charge in [-0.1, -0.05) is 58.4 Å². The number of carbonyl (C=O) groups is 1. The summed E-state index contributed by atoms with van der Waals surface area (Å²) in [7, 11) is 0. The highest BCUT2D eigenvalue weighted by molar-refractivity contribution is 5.78. The molecule has 0 saturated carbocycles. The molecule has 0 fully saturated rings. The van der Waals surface area contributed by atoms with Crippen LogP contribution in [0.4, 0.5) is 0 Å². The van der Waals surface area contributed by atoms with Gasteiger partial charge in [-0.2, -0.15) is 0 Å². The molecule has 20 heavy (non-hydrogen) atoms. The summed E-state index contributed by atoms with van der Waals surface area (Å²) in [5.74, 6) is 0.236. The highest BCUT2D eigenvalue weighted by atomic mass is 16.2. The molecule has 0 atom stereocenters. The van der Waals surface area contributed by atoms with Crippen LogP contribution in [0.1, 0.15) is 65.2 Å². The van der Waals surface area contributed by atoms with E-state index in [9.17, 15) is 4.79 Å². The molecule has 0 spiro atoms. The maximum absolute atomic E-state index is 12.2. The average Bonchev–Trinajstić information content (AvgIpc) is 2.45. The van der Waals surface area contributed by atoms with E-state index in [1.807, 2.05) is 4.90 Å². The third-order valence-electron chi connectivity index (χ3n) is 3.48. The second-order valence-electron chi connectivity index (χ2n) is 5.42.